The van der Waals surface area contributed by atoms with E-state index < -0.39 is 30.0 Å². The zero-order valence-corrected chi connectivity index (χ0v) is 13.9. The minimum atomic E-state index is -1.16. The second-order valence-corrected chi connectivity index (χ2v) is 5.56. The Morgan fingerprint density at radius 1 is 1.21 bits per heavy atom. The monoisotopic (exact) mass is 335 g/mol. The minimum absolute atomic E-state index is 0.404. The summed E-state index contributed by atoms with van der Waals surface area (Å²) in [5.41, 5.74) is 1.58. The molecule has 0 amide bonds. The number of para-hydroxylation sites is 1. The van der Waals surface area contributed by atoms with E-state index in [1.807, 2.05) is 25.1 Å². The third kappa shape index (κ3) is 3.56. The molecule has 1 heterocycles. The number of carbonyl (C=O) groups excluding carboxylic acids is 3. The highest BCUT2D eigenvalue weighted by Crippen LogP contribution is 2.33. The van der Waals surface area contributed by atoms with Gasteiger partial charge in [-0.15, -0.1) is 0 Å². The highest BCUT2D eigenvalue weighted by Gasteiger charge is 2.44. The van der Waals surface area contributed by atoms with Gasteiger partial charge in [0.05, 0.1) is 25.9 Å². The van der Waals surface area contributed by atoms with E-state index in [9.17, 15) is 14.4 Å². The molecule has 2 rings (SSSR count). The number of aryl methyl sites for hydroxylation is 1. The Labute approximate surface area is 140 Å². The summed E-state index contributed by atoms with van der Waals surface area (Å²) in [5.74, 6) is -2.55. The third-order valence-electron chi connectivity index (χ3n) is 4.10. The fraction of sp³-hybridized carbons (Fsp3) is 0.471. The third-order valence-corrected chi connectivity index (χ3v) is 4.10. The number of benzene rings is 1. The molecule has 130 valence electrons. The van der Waals surface area contributed by atoms with Gasteiger partial charge in [0.1, 0.15) is 6.10 Å². The first kappa shape index (κ1) is 17.9. The molecule has 1 aliphatic rings. The largest absolute Gasteiger partial charge is 0.468 e. The van der Waals surface area contributed by atoms with Crippen LogP contribution >= 0.6 is 0 Å². The number of anilines is 1. The molecule has 0 bridgehead atoms. The maximum absolute atomic E-state index is 12.1. The number of nitrogens with zero attached hydrogens (tertiary/aromatic N) is 1. The number of hydrogen-bond acceptors (Lipinski definition) is 7. The Kier molecular flexibility index (Phi) is 5.92. The molecule has 24 heavy (non-hydrogen) atoms. The first-order valence-corrected chi connectivity index (χ1v) is 7.66. The first-order chi connectivity index (χ1) is 11.5. The summed E-state index contributed by atoms with van der Waals surface area (Å²) in [6.07, 6.45) is 0.900. The average molecular weight is 335 g/mol. The van der Waals surface area contributed by atoms with Crippen LogP contribution in [-0.2, 0) is 28.7 Å². The van der Waals surface area contributed by atoms with Crippen LogP contribution in [0.1, 0.15) is 18.4 Å². The summed E-state index contributed by atoms with van der Waals surface area (Å²) in [6, 6.07) is 6.75. The Bertz CT molecular complexity index is 601. The number of aldehydes is 1. The number of esters is 2. The lowest BCUT2D eigenvalue weighted by molar-refractivity contribution is -0.163. The predicted molar refractivity (Wildman–Crippen MR) is 85.1 cm³/mol. The summed E-state index contributed by atoms with van der Waals surface area (Å²) >= 11 is 0. The van der Waals surface area contributed by atoms with Crippen LogP contribution in [0.3, 0.4) is 0 Å². The van der Waals surface area contributed by atoms with Gasteiger partial charge in [0.2, 0.25) is 0 Å². The number of ether oxygens (including phenoxy) is 2. The van der Waals surface area contributed by atoms with E-state index in [1.165, 1.54) is 19.3 Å². The van der Waals surface area contributed by atoms with Crippen molar-refractivity contribution < 1.29 is 28.7 Å². The van der Waals surface area contributed by atoms with Crippen molar-refractivity contribution in [2.75, 3.05) is 19.3 Å². The quantitative estimate of drug-likeness (QED) is 0.457. The van der Waals surface area contributed by atoms with E-state index in [-0.39, 0.29) is 0 Å². The maximum atomic E-state index is 12.1. The van der Waals surface area contributed by atoms with Crippen LogP contribution in [0.5, 0.6) is 0 Å². The summed E-state index contributed by atoms with van der Waals surface area (Å²) in [6.45, 7) is 1.88. The molecule has 0 aliphatic carbocycles. The van der Waals surface area contributed by atoms with Gasteiger partial charge in [-0.1, -0.05) is 18.2 Å². The summed E-state index contributed by atoms with van der Waals surface area (Å²) in [5, 5.41) is 1.47. The molecule has 0 unspecified atom stereocenters. The number of methoxy groups -OCH3 is 2. The number of carbonyl (C=O) groups is 3. The predicted octanol–water partition coefficient (Wildman–Crippen LogP) is 1.43. The van der Waals surface area contributed by atoms with E-state index in [0.717, 1.165) is 5.56 Å². The number of rotatable bonds is 5. The zero-order valence-electron chi connectivity index (χ0n) is 13.9. The molecule has 0 radical (unpaired) electrons. The van der Waals surface area contributed by atoms with Crippen LogP contribution in [0.15, 0.2) is 24.3 Å². The standard InChI is InChI=1S/C17H21NO6/c1-11-6-4-5-7-13(11)18-14(9-8-12(10-19)24-18)15(16(20)22-2)17(21)23-3/h4-7,10,12,14-15H,8-9H2,1-3H3/t12-,14-/m1/s1. The fourth-order valence-corrected chi connectivity index (χ4v) is 2.83. The van der Waals surface area contributed by atoms with E-state index in [1.54, 1.807) is 6.07 Å². The SMILES string of the molecule is COC(=O)C(C(=O)OC)[C@H]1CC[C@H](C=O)ON1c1ccccc1C. The highest BCUT2D eigenvalue weighted by molar-refractivity contribution is 5.96. The van der Waals surface area contributed by atoms with Crippen LogP contribution in [-0.4, -0.2) is 44.6 Å². The molecule has 0 saturated carbocycles. The van der Waals surface area contributed by atoms with Crippen LogP contribution < -0.4 is 5.06 Å². The zero-order chi connectivity index (χ0) is 17.7. The van der Waals surface area contributed by atoms with Gasteiger partial charge in [0.15, 0.2) is 12.2 Å². The Balaban J connectivity index is 2.43. The molecule has 7 nitrogen and oxygen atoms in total. The van der Waals surface area contributed by atoms with E-state index in [4.69, 9.17) is 14.3 Å². The number of hydroxylamine groups is 1. The van der Waals surface area contributed by atoms with Gasteiger partial charge in [0.25, 0.3) is 0 Å². The van der Waals surface area contributed by atoms with Crippen molar-refractivity contribution in [3.8, 4) is 0 Å². The molecule has 1 aromatic carbocycles. The number of hydrogen-bond donors (Lipinski definition) is 0. The lowest BCUT2D eigenvalue weighted by Crippen LogP contribution is -2.53. The van der Waals surface area contributed by atoms with Gasteiger partial charge in [-0.25, -0.2) is 5.06 Å². The van der Waals surface area contributed by atoms with Gasteiger partial charge in [-0.3, -0.25) is 14.4 Å². The van der Waals surface area contributed by atoms with E-state index in [0.29, 0.717) is 24.8 Å². The van der Waals surface area contributed by atoms with Crippen molar-refractivity contribution >= 4 is 23.9 Å². The Morgan fingerprint density at radius 3 is 2.38 bits per heavy atom. The van der Waals surface area contributed by atoms with Gasteiger partial charge >= 0.3 is 11.9 Å². The van der Waals surface area contributed by atoms with Crippen LogP contribution in [0.25, 0.3) is 0 Å². The molecule has 1 saturated heterocycles. The molecule has 1 fully saturated rings. The molecular formula is C17H21NO6. The van der Waals surface area contributed by atoms with Gasteiger partial charge in [0, 0.05) is 0 Å². The first-order valence-electron chi connectivity index (χ1n) is 7.66. The smallest absolute Gasteiger partial charge is 0.322 e. The molecule has 2 atom stereocenters. The van der Waals surface area contributed by atoms with Gasteiger partial charge in [-0.05, 0) is 31.4 Å². The topological polar surface area (TPSA) is 82.1 Å². The van der Waals surface area contributed by atoms with E-state index >= 15 is 0 Å². The lowest BCUT2D eigenvalue weighted by Gasteiger charge is -2.41. The summed E-state index contributed by atoms with van der Waals surface area (Å²) in [4.78, 5) is 41.2. The Morgan fingerprint density at radius 2 is 1.83 bits per heavy atom. The second kappa shape index (κ2) is 7.92. The van der Waals surface area contributed by atoms with E-state index in [2.05, 4.69) is 0 Å². The molecule has 7 heteroatoms. The van der Waals surface area contributed by atoms with Crippen molar-refractivity contribution in [3.05, 3.63) is 29.8 Å². The summed E-state index contributed by atoms with van der Waals surface area (Å²) < 4.78 is 9.53. The molecule has 0 aromatic heterocycles. The fourth-order valence-electron chi connectivity index (χ4n) is 2.83. The Hall–Kier alpha value is -2.41. The molecular weight excluding hydrogens is 314 g/mol. The van der Waals surface area contributed by atoms with Crippen molar-refractivity contribution in [2.45, 2.75) is 31.9 Å². The minimum Gasteiger partial charge on any atom is -0.468 e. The summed E-state index contributed by atoms with van der Waals surface area (Å²) in [7, 11) is 2.43. The second-order valence-electron chi connectivity index (χ2n) is 5.56. The van der Waals surface area contributed by atoms with Gasteiger partial charge in [-0.2, -0.15) is 0 Å². The molecule has 1 aromatic rings. The lowest BCUT2D eigenvalue weighted by atomic mass is 9.92. The molecule has 0 spiro atoms. The highest BCUT2D eigenvalue weighted by atomic mass is 16.7. The normalized spacial score (nSPS) is 20.6. The average Bonchev–Trinajstić information content (AvgIpc) is 2.62. The van der Waals surface area contributed by atoms with Crippen molar-refractivity contribution in [3.63, 3.8) is 0 Å². The van der Waals surface area contributed by atoms with Crippen molar-refractivity contribution in [1.29, 1.82) is 0 Å². The molecule has 0 N–H and O–H groups in total. The molecule has 1 aliphatic heterocycles. The van der Waals surface area contributed by atoms with Crippen molar-refractivity contribution in [2.24, 2.45) is 5.92 Å². The maximum Gasteiger partial charge on any atom is 0.322 e. The van der Waals surface area contributed by atoms with Crippen LogP contribution in [0, 0.1) is 12.8 Å². The van der Waals surface area contributed by atoms with Gasteiger partial charge < -0.3 is 14.3 Å². The van der Waals surface area contributed by atoms with Crippen LogP contribution in [0.4, 0.5) is 5.69 Å². The van der Waals surface area contributed by atoms with Crippen LogP contribution in [0.2, 0.25) is 0 Å². The van der Waals surface area contributed by atoms with Crippen molar-refractivity contribution in [1.82, 2.24) is 0 Å².